The van der Waals surface area contributed by atoms with E-state index in [1.165, 1.54) is 11.3 Å². The number of aliphatic imine (C=N–C) groups is 1. The summed E-state index contributed by atoms with van der Waals surface area (Å²) < 4.78 is 7.07. The predicted molar refractivity (Wildman–Crippen MR) is 128 cm³/mol. The maximum absolute atomic E-state index is 10.4. The Labute approximate surface area is 191 Å². The minimum Gasteiger partial charge on any atom is -0.497 e. The van der Waals surface area contributed by atoms with Crippen LogP contribution in [0.5, 0.6) is 5.75 Å². The number of nitrogens with zero attached hydrogens (tertiary/aromatic N) is 3. The van der Waals surface area contributed by atoms with Crippen LogP contribution in [0.1, 0.15) is 42.5 Å². The lowest BCUT2D eigenvalue weighted by Crippen LogP contribution is -2.43. The van der Waals surface area contributed by atoms with Crippen LogP contribution in [0.3, 0.4) is 0 Å². The molecule has 0 amide bonds. The average Bonchev–Trinajstić information content (AvgIpc) is 2.92. The summed E-state index contributed by atoms with van der Waals surface area (Å²) in [6.07, 6.45) is 0.191. The molecule has 2 rings (SSSR count). The Morgan fingerprint density at radius 3 is 2.45 bits per heavy atom. The van der Waals surface area contributed by atoms with Crippen LogP contribution in [0.2, 0.25) is 0 Å². The smallest absolute Gasteiger partial charge is 0.191 e. The number of guanidine groups is 1. The second-order valence-corrected chi connectivity index (χ2v) is 7.03. The van der Waals surface area contributed by atoms with E-state index in [1.807, 2.05) is 49.8 Å². The molecule has 0 saturated heterocycles. The molecule has 29 heavy (non-hydrogen) atoms. The molecule has 2 aromatic rings. The number of rotatable bonds is 8. The first kappa shape index (κ1) is 25.2. The second-order valence-electron chi connectivity index (χ2n) is 7.03. The van der Waals surface area contributed by atoms with Gasteiger partial charge in [-0.1, -0.05) is 12.1 Å². The van der Waals surface area contributed by atoms with Crippen molar-refractivity contribution >= 4 is 29.9 Å². The van der Waals surface area contributed by atoms with E-state index in [4.69, 9.17) is 4.74 Å². The van der Waals surface area contributed by atoms with Gasteiger partial charge in [0.25, 0.3) is 0 Å². The van der Waals surface area contributed by atoms with E-state index in [9.17, 15) is 5.11 Å². The molecule has 8 heteroatoms. The molecule has 0 spiro atoms. The quantitative estimate of drug-likeness (QED) is 0.286. The van der Waals surface area contributed by atoms with E-state index in [1.54, 1.807) is 7.11 Å². The van der Waals surface area contributed by atoms with Gasteiger partial charge < -0.3 is 20.5 Å². The molecule has 0 bridgehead atoms. The molecule has 1 heterocycles. The molecule has 2 unspecified atom stereocenters. The molecular formula is C21H34IN5O2. The Balaban J connectivity index is 0.00000420. The molecular weight excluding hydrogens is 481 g/mol. The van der Waals surface area contributed by atoms with Gasteiger partial charge in [0, 0.05) is 25.3 Å². The first-order valence-electron chi connectivity index (χ1n) is 9.71. The highest BCUT2D eigenvalue weighted by Gasteiger charge is 2.14. The van der Waals surface area contributed by atoms with Crippen molar-refractivity contribution in [1.29, 1.82) is 0 Å². The van der Waals surface area contributed by atoms with Gasteiger partial charge in [-0.3, -0.25) is 9.67 Å². The van der Waals surface area contributed by atoms with Crippen molar-refractivity contribution in [2.45, 2.75) is 46.3 Å². The Morgan fingerprint density at radius 2 is 1.93 bits per heavy atom. The van der Waals surface area contributed by atoms with Crippen LogP contribution in [-0.4, -0.2) is 47.1 Å². The van der Waals surface area contributed by atoms with E-state index >= 15 is 0 Å². The van der Waals surface area contributed by atoms with Crippen molar-refractivity contribution in [3.8, 4) is 5.75 Å². The highest BCUT2D eigenvalue weighted by Crippen LogP contribution is 2.18. The zero-order valence-electron chi connectivity index (χ0n) is 18.2. The van der Waals surface area contributed by atoms with Crippen molar-refractivity contribution in [1.82, 2.24) is 20.4 Å². The van der Waals surface area contributed by atoms with Crippen molar-refractivity contribution in [3.05, 3.63) is 46.8 Å². The fourth-order valence-corrected chi connectivity index (χ4v) is 3.13. The van der Waals surface area contributed by atoms with E-state index in [-0.39, 0.29) is 36.6 Å². The summed E-state index contributed by atoms with van der Waals surface area (Å²) in [6.45, 7) is 9.31. The molecule has 162 valence electrons. The minimum atomic E-state index is -0.667. The topological polar surface area (TPSA) is 83.7 Å². The largest absolute Gasteiger partial charge is 0.497 e. The predicted octanol–water partition coefficient (Wildman–Crippen LogP) is 2.88. The Morgan fingerprint density at radius 1 is 1.28 bits per heavy atom. The number of halogens is 1. The summed E-state index contributed by atoms with van der Waals surface area (Å²) >= 11 is 0. The number of aromatic nitrogens is 2. The lowest BCUT2D eigenvalue weighted by molar-refractivity contribution is 0.187. The van der Waals surface area contributed by atoms with E-state index in [0.717, 1.165) is 30.0 Å². The molecule has 0 aliphatic carbocycles. The van der Waals surface area contributed by atoms with Gasteiger partial charge in [0.1, 0.15) is 5.75 Å². The molecule has 0 fully saturated rings. The van der Waals surface area contributed by atoms with Gasteiger partial charge in [-0.2, -0.15) is 5.10 Å². The number of hydrogen-bond donors (Lipinski definition) is 3. The maximum Gasteiger partial charge on any atom is 0.191 e. The van der Waals surface area contributed by atoms with Crippen LogP contribution in [-0.2, 0) is 13.5 Å². The summed E-state index contributed by atoms with van der Waals surface area (Å²) in [7, 11) is 3.59. The van der Waals surface area contributed by atoms with Gasteiger partial charge in [0.15, 0.2) is 5.96 Å². The number of aliphatic hydroxyl groups excluding tert-OH is 1. The average molecular weight is 515 g/mol. The fraction of sp³-hybridized carbons (Fsp3) is 0.524. The van der Waals surface area contributed by atoms with Crippen LogP contribution in [0.25, 0.3) is 0 Å². The van der Waals surface area contributed by atoms with E-state index < -0.39 is 6.10 Å². The monoisotopic (exact) mass is 515 g/mol. The van der Waals surface area contributed by atoms with Gasteiger partial charge in [-0.05, 0) is 57.4 Å². The van der Waals surface area contributed by atoms with E-state index in [2.05, 4.69) is 34.6 Å². The third kappa shape index (κ3) is 7.18. The van der Waals surface area contributed by atoms with Crippen molar-refractivity contribution in [2.75, 3.05) is 20.2 Å². The van der Waals surface area contributed by atoms with Gasteiger partial charge in [-0.15, -0.1) is 24.0 Å². The number of nitrogens with one attached hydrogen (secondary N) is 2. The first-order valence-corrected chi connectivity index (χ1v) is 9.71. The normalized spacial score (nSPS) is 13.4. The zero-order valence-corrected chi connectivity index (χ0v) is 20.5. The molecule has 0 radical (unpaired) electrons. The van der Waals surface area contributed by atoms with E-state index in [0.29, 0.717) is 5.96 Å². The summed E-state index contributed by atoms with van der Waals surface area (Å²) in [6, 6.07) is 7.57. The summed E-state index contributed by atoms with van der Waals surface area (Å²) in [5.74, 6) is 1.46. The lowest BCUT2D eigenvalue weighted by atomic mass is 10.1. The number of benzene rings is 1. The highest BCUT2D eigenvalue weighted by molar-refractivity contribution is 14.0. The third-order valence-corrected chi connectivity index (χ3v) is 4.82. The Bertz CT molecular complexity index is 789. The molecule has 0 aliphatic heterocycles. The first-order chi connectivity index (χ1) is 13.3. The molecule has 0 aliphatic rings. The zero-order chi connectivity index (χ0) is 20.7. The number of ether oxygens (including phenoxy) is 1. The van der Waals surface area contributed by atoms with Crippen LogP contribution in [0.15, 0.2) is 29.3 Å². The number of aliphatic hydroxyl groups is 1. The Kier molecular flexibility index (Phi) is 10.5. The molecule has 7 nitrogen and oxygen atoms in total. The summed E-state index contributed by atoms with van der Waals surface area (Å²) in [5.41, 5.74) is 4.32. The van der Waals surface area contributed by atoms with Gasteiger partial charge in [0.05, 0.1) is 25.5 Å². The van der Waals surface area contributed by atoms with Gasteiger partial charge in [-0.25, -0.2) is 0 Å². The number of hydrogen-bond acceptors (Lipinski definition) is 4. The maximum atomic E-state index is 10.4. The highest BCUT2D eigenvalue weighted by atomic mass is 127. The molecule has 1 aromatic heterocycles. The SMILES string of the molecule is CCNC(=NCC(O)c1ccc(OC)cc1)NC(C)Cc1c(C)nn(C)c1C.I. The lowest BCUT2D eigenvalue weighted by Gasteiger charge is -2.19. The minimum absolute atomic E-state index is 0. The Hall–Kier alpha value is -1.81. The van der Waals surface area contributed by atoms with Gasteiger partial charge in [0.2, 0.25) is 0 Å². The van der Waals surface area contributed by atoms with Crippen molar-refractivity contribution in [3.63, 3.8) is 0 Å². The summed E-state index contributed by atoms with van der Waals surface area (Å²) in [5, 5.41) is 21.6. The van der Waals surface area contributed by atoms with Crippen LogP contribution >= 0.6 is 24.0 Å². The fourth-order valence-electron chi connectivity index (χ4n) is 3.13. The van der Waals surface area contributed by atoms with Crippen LogP contribution < -0.4 is 15.4 Å². The standard InChI is InChI=1S/C21H33N5O2.HI/c1-7-22-21(23-13-20(27)17-8-10-18(28-6)11-9-17)24-14(2)12-19-15(3)25-26(5)16(19)4;/h8-11,14,20,27H,7,12-13H2,1-6H3,(H2,22,23,24);1H. The molecule has 0 saturated carbocycles. The van der Waals surface area contributed by atoms with Crippen molar-refractivity contribution in [2.24, 2.45) is 12.0 Å². The van der Waals surface area contributed by atoms with Crippen LogP contribution in [0.4, 0.5) is 0 Å². The van der Waals surface area contributed by atoms with Crippen LogP contribution in [0, 0.1) is 13.8 Å². The second kappa shape index (κ2) is 12.0. The molecule has 2 atom stereocenters. The molecule has 1 aromatic carbocycles. The van der Waals surface area contributed by atoms with Crippen molar-refractivity contribution < 1.29 is 9.84 Å². The third-order valence-electron chi connectivity index (χ3n) is 4.82. The number of aryl methyl sites for hydroxylation is 2. The number of methoxy groups -OCH3 is 1. The van der Waals surface area contributed by atoms with Gasteiger partial charge >= 0.3 is 0 Å². The summed E-state index contributed by atoms with van der Waals surface area (Å²) in [4.78, 5) is 4.56. The molecule has 3 N–H and O–H groups in total.